The van der Waals surface area contributed by atoms with Crippen LogP contribution in [0.4, 0.5) is 0 Å². The summed E-state index contributed by atoms with van der Waals surface area (Å²) in [5, 5.41) is 10.5. The number of fused-ring (bicyclic) bond motifs is 1. The van der Waals surface area contributed by atoms with Crippen molar-refractivity contribution >= 4 is 0 Å². The van der Waals surface area contributed by atoms with E-state index < -0.39 is 6.10 Å². The number of ether oxygens (including phenoxy) is 2. The number of aryl methyl sites for hydroxylation is 1. The Balaban J connectivity index is 1.50. The van der Waals surface area contributed by atoms with Crippen LogP contribution in [0.2, 0.25) is 0 Å². The Kier molecular flexibility index (Phi) is 7.29. The molecule has 1 heterocycles. The van der Waals surface area contributed by atoms with Crippen LogP contribution >= 0.6 is 0 Å². The Morgan fingerprint density at radius 1 is 1.20 bits per heavy atom. The molecular formula is C21H33NO3. The van der Waals surface area contributed by atoms with E-state index in [1.54, 1.807) is 0 Å². The van der Waals surface area contributed by atoms with Crippen molar-refractivity contribution in [2.24, 2.45) is 0 Å². The molecule has 0 radical (unpaired) electrons. The standard InChI is InChI=1S/C21H33NO3/c1-2-11-22(15-20(23)16-25-21-9-12-24-13-10-21)19-8-7-17-5-3-4-6-18(17)14-19/h3-6,19-21,23H,2,7-16H2,1H3. The van der Waals surface area contributed by atoms with E-state index in [1.165, 1.54) is 17.5 Å². The lowest BCUT2D eigenvalue weighted by molar-refractivity contribution is -0.0663. The van der Waals surface area contributed by atoms with Gasteiger partial charge in [-0.3, -0.25) is 4.90 Å². The van der Waals surface area contributed by atoms with Gasteiger partial charge in [0.15, 0.2) is 0 Å². The third-order valence-electron chi connectivity index (χ3n) is 5.49. The van der Waals surface area contributed by atoms with E-state index >= 15 is 0 Å². The van der Waals surface area contributed by atoms with Gasteiger partial charge in [0.2, 0.25) is 0 Å². The van der Waals surface area contributed by atoms with Crippen LogP contribution in [0.15, 0.2) is 24.3 Å². The van der Waals surface area contributed by atoms with Gasteiger partial charge in [-0.25, -0.2) is 0 Å². The lowest BCUT2D eigenvalue weighted by Gasteiger charge is -2.36. The quantitative estimate of drug-likeness (QED) is 0.785. The number of hydrogen-bond donors (Lipinski definition) is 1. The third-order valence-corrected chi connectivity index (χ3v) is 5.49. The largest absolute Gasteiger partial charge is 0.389 e. The molecule has 1 fully saturated rings. The summed E-state index contributed by atoms with van der Waals surface area (Å²) in [5.74, 6) is 0. The Morgan fingerprint density at radius 3 is 2.72 bits per heavy atom. The highest BCUT2D eigenvalue weighted by Gasteiger charge is 2.25. The van der Waals surface area contributed by atoms with Crippen LogP contribution in [-0.4, -0.2) is 61.2 Å². The minimum Gasteiger partial charge on any atom is -0.389 e. The molecule has 4 heteroatoms. The molecule has 0 spiro atoms. The molecule has 2 unspecified atom stereocenters. The van der Waals surface area contributed by atoms with Gasteiger partial charge in [-0.1, -0.05) is 31.2 Å². The van der Waals surface area contributed by atoms with E-state index in [0.717, 1.165) is 51.9 Å². The second-order valence-electron chi connectivity index (χ2n) is 7.46. The molecule has 0 bridgehead atoms. The van der Waals surface area contributed by atoms with Gasteiger partial charge in [0, 0.05) is 25.8 Å². The van der Waals surface area contributed by atoms with E-state index in [1.807, 2.05) is 0 Å². The first kappa shape index (κ1) is 18.8. The van der Waals surface area contributed by atoms with Crippen LogP contribution in [0.3, 0.4) is 0 Å². The molecule has 2 atom stereocenters. The van der Waals surface area contributed by atoms with Crippen LogP contribution in [0.1, 0.15) is 43.7 Å². The minimum absolute atomic E-state index is 0.254. The monoisotopic (exact) mass is 347 g/mol. The molecule has 140 valence electrons. The fourth-order valence-electron chi connectivity index (χ4n) is 4.11. The van der Waals surface area contributed by atoms with E-state index in [-0.39, 0.29) is 6.10 Å². The summed E-state index contributed by atoms with van der Waals surface area (Å²) < 4.78 is 11.3. The topological polar surface area (TPSA) is 41.9 Å². The maximum atomic E-state index is 10.5. The van der Waals surface area contributed by atoms with Crippen molar-refractivity contribution in [3.63, 3.8) is 0 Å². The predicted molar refractivity (Wildman–Crippen MR) is 99.9 cm³/mol. The first-order valence-electron chi connectivity index (χ1n) is 9.94. The van der Waals surface area contributed by atoms with E-state index in [2.05, 4.69) is 36.1 Å². The lowest BCUT2D eigenvalue weighted by atomic mass is 9.87. The van der Waals surface area contributed by atoms with Crippen LogP contribution in [0.5, 0.6) is 0 Å². The van der Waals surface area contributed by atoms with E-state index in [0.29, 0.717) is 19.2 Å². The number of rotatable bonds is 8. The third kappa shape index (κ3) is 5.52. The molecule has 4 nitrogen and oxygen atoms in total. The number of nitrogens with zero attached hydrogens (tertiary/aromatic N) is 1. The normalized spacial score (nSPS) is 22.8. The zero-order valence-electron chi connectivity index (χ0n) is 15.5. The molecule has 2 aliphatic rings. The van der Waals surface area contributed by atoms with Gasteiger partial charge < -0.3 is 14.6 Å². The summed E-state index contributed by atoms with van der Waals surface area (Å²) in [6.45, 7) is 5.97. The Hall–Kier alpha value is -0.940. The number of hydrogen-bond acceptors (Lipinski definition) is 4. The molecule has 1 aliphatic carbocycles. The second kappa shape index (κ2) is 9.67. The molecular weight excluding hydrogens is 314 g/mol. The zero-order chi connectivity index (χ0) is 17.5. The number of benzene rings is 1. The van der Waals surface area contributed by atoms with Gasteiger partial charge in [0.1, 0.15) is 0 Å². The highest BCUT2D eigenvalue weighted by molar-refractivity contribution is 5.30. The molecule has 0 aromatic heterocycles. The second-order valence-corrected chi connectivity index (χ2v) is 7.46. The molecule has 25 heavy (non-hydrogen) atoms. The van der Waals surface area contributed by atoms with Gasteiger partial charge in [0.25, 0.3) is 0 Å². The fourth-order valence-corrected chi connectivity index (χ4v) is 4.11. The average Bonchev–Trinajstić information content (AvgIpc) is 2.66. The molecule has 1 N–H and O–H groups in total. The smallest absolute Gasteiger partial charge is 0.0900 e. The zero-order valence-corrected chi connectivity index (χ0v) is 15.5. The summed E-state index contributed by atoms with van der Waals surface area (Å²) in [6.07, 6.45) is 6.29. The molecule has 3 rings (SSSR count). The SMILES string of the molecule is CCCN(CC(O)COC1CCOCC1)C1CCc2ccccc2C1. The summed E-state index contributed by atoms with van der Waals surface area (Å²) in [7, 11) is 0. The van der Waals surface area contributed by atoms with Crippen LogP contribution < -0.4 is 0 Å². The van der Waals surface area contributed by atoms with Crippen molar-refractivity contribution in [1.29, 1.82) is 0 Å². The van der Waals surface area contributed by atoms with Crippen molar-refractivity contribution in [2.75, 3.05) is 32.9 Å². The Labute approximate surface area is 152 Å². The molecule has 1 aromatic carbocycles. The van der Waals surface area contributed by atoms with Crippen molar-refractivity contribution in [3.05, 3.63) is 35.4 Å². The maximum Gasteiger partial charge on any atom is 0.0900 e. The minimum atomic E-state index is -0.411. The van der Waals surface area contributed by atoms with Crippen LogP contribution in [-0.2, 0) is 22.3 Å². The Morgan fingerprint density at radius 2 is 1.96 bits per heavy atom. The van der Waals surface area contributed by atoms with E-state index in [9.17, 15) is 5.11 Å². The number of aliphatic hydroxyl groups excluding tert-OH is 1. The summed E-state index contributed by atoms with van der Waals surface area (Å²) in [4.78, 5) is 2.48. The van der Waals surface area contributed by atoms with Gasteiger partial charge in [-0.15, -0.1) is 0 Å². The maximum absolute atomic E-state index is 10.5. The lowest BCUT2D eigenvalue weighted by Crippen LogP contribution is -2.45. The predicted octanol–water partition coefficient (Wildman–Crippen LogP) is 2.81. The van der Waals surface area contributed by atoms with Crippen molar-refractivity contribution in [3.8, 4) is 0 Å². The molecule has 0 amide bonds. The summed E-state index contributed by atoms with van der Waals surface area (Å²) >= 11 is 0. The average molecular weight is 347 g/mol. The fraction of sp³-hybridized carbons (Fsp3) is 0.714. The van der Waals surface area contributed by atoms with Gasteiger partial charge >= 0.3 is 0 Å². The first-order chi connectivity index (χ1) is 12.3. The van der Waals surface area contributed by atoms with Gasteiger partial charge in [-0.05, 0) is 56.2 Å². The summed E-state index contributed by atoms with van der Waals surface area (Å²) in [5.41, 5.74) is 2.98. The molecule has 1 aromatic rings. The van der Waals surface area contributed by atoms with E-state index in [4.69, 9.17) is 9.47 Å². The number of aliphatic hydroxyl groups is 1. The van der Waals surface area contributed by atoms with Crippen LogP contribution in [0, 0.1) is 0 Å². The first-order valence-corrected chi connectivity index (χ1v) is 9.94. The van der Waals surface area contributed by atoms with Crippen LogP contribution in [0.25, 0.3) is 0 Å². The Bertz CT molecular complexity index is 516. The summed E-state index contributed by atoms with van der Waals surface area (Å²) in [6, 6.07) is 9.33. The van der Waals surface area contributed by atoms with Gasteiger partial charge in [0.05, 0.1) is 18.8 Å². The van der Waals surface area contributed by atoms with Crippen molar-refractivity contribution < 1.29 is 14.6 Å². The molecule has 1 aliphatic heterocycles. The highest BCUT2D eigenvalue weighted by Crippen LogP contribution is 2.25. The van der Waals surface area contributed by atoms with Gasteiger partial charge in [-0.2, -0.15) is 0 Å². The molecule has 0 saturated carbocycles. The van der Waals surface area contributed by atoms with Crippen molar-refractivity contribution in [2.45, 2.75) is 63.7 Å². The molecule has 1 saturated heterocycles. The van der Waals surface area contributed by atoms with Crippen molar-refractivity contribution in [1.82, 2.24) is 4.90 Å². The highest BCUT2D eigenvalue weighted by atomic mass is 16.5.